The van der Waals surface area contributed by atoms with E-state index >= 15 is 0 Å². The SMILES string of the molecule is CC(C)CC(C(=O)NCCc1nnc2ccccn12)n1cccc1. The first-order chi connectivity index (χ1) is 11.6. The minimum Gasteiger partial charge on any atom is -0.354 e. The van der Waals surface area contributed by atoms with Crippen LogP contribution in [0.3, 0.4) is 0 Å². The van der Waals surface area contributed by atoms with Crippen LogP contribution in [-0.4, -0.2) is 31.6 Å². The van der Waals surface area contributed by atoms with Crippen LogP contribution in [0.25, 0.3) is 5.65 Å². The van der Waals surface area contributed by atoms with Crippen LogP contribution in [0.1, 0.15) is 32.1 Å². The van der Waals surface area contributed by atoms with E-state index < -0.39 is 0 Å². The number of fused-ring (bicyclic) bond motifs is 1. The summed E-state index contributed by atoms with van der Waals surface area (Å²) in [6.07, 6.45) is 7.29. The zero-order chi connectivity index (χ0) is 16.9. The fraction of sp³-hybridized carbons (Fsp3) is 0.389. The van der Waals surface area contributed by atoms with Crippen LogP contribution < -0.4 is 5.32 Å². The fourth-order valence-corrected chi connectivity index (χ4v) is 2.84. The maximum atomic E-state index is 12.6. The van der Waals surface area contributed by atoms with Gasteiger partial charge >= 0.3 is 0 Å². The lowest BCUT2D eigenvalue weighted by Gasteiger charge is -2.20. The van der Waals surface area contributed by atoms with Gasteiger partial charge in [-0.2, -0.15) is 0 Å². The molecule has 6 heteroatoms. The van der Waals surface area contributed by atoms with Gasteiger partial charge in [0.1, 0.15) is 11.9 Å². The van der Waals surface area contributed by atoms with Gasteiger partial charge in [-0.3, -0.25) is 9.20 Å². The molecule has 0 aliphatic heterocycles. The number of nitrogens with one attached hydrogen (secondary N) is 1. The average Bonchev–Trinajstić information content (AvgIpc) is 3.22. The monoisotopic (exact) mass is 325 g/mol. The number of pyridine rings is 1. The summed E-state index contributed by atoms with van der Waals surface area (Å²) in [6, 6.07) is 9.52. The summed E-state index contributed by atoms with van der Waals surface area (Å²) in [5.74, 6) is 1.35. The predicted octanol–water partition coefficient (Wildman–Crippen LogP) is 2.48. The Bertz CT molecular complexity index is 791. The van der Waals surface area contributed by atoms with Crippen molar-refractivity contribution >= 4 is 11.6 Å². The molecule has 3 heterocycles. The molecule has 0 aromatic carbocycles. The van der Waals surface area contributed by atoms with Gasteiger partial charge < -0.3 is 9.88 Å². The Morgan fingerprint density at radius 3 is 2.62 bits per heavy atom. The molecule has 6 nitrogen and oxygen atoms in total. The molecule has 1 N–H and O–H groups in total. The lowest BCUT2D eigenvalue weighted by atomic mass is 10.0. The zero-order valence-electron chi connectivity index (χ0n) is 14.1. The van der Waals surface area contributed by atoms with E-state index in [1.165, 1.54) is 0 Å². The zero-order valence-corrected chi connectivity index (χ0v) is 14.1. The van der Waals surface area contributed by atoms with Crippen molar-refractivity contribution in [2.45, 2.75) is 32.7 Å². The molecule has 0 radical (unpaired) electrons. The van der Waals surface area contributed by atoms with E-state index in [4.69, 9.17) is 0 Å². The standard InChI is InChI=1S/C18H23N5O/c1-14(2)13-15(22-10-5-6-11-22)18(24)19-9-8-17-21-20-16-7-3-4-12-23(16)17/h3-7,10-12,14-15H,8-9,13H2,1-2H3,(H,19,24). The van der Waals surface area contributed by atoms with Gasteiger partial charge in [-0.25, -0.2) is 0 Å². The maximum Gasteiger partial charge on any atom is 0.243 e. The van der Waals surface area contributed by atoms with Gasteiger partial charge in [0.15, 0.2) is 5.65 Å². The molecule has 24 heavy (non-hydrogen) atoms. The number of rotatable bonds is 7. The van der Waals surface area contributed by atoms with Gasteiger partial charge in [-0.15, -0.1) is 10.2 Å². The van der Waals surface area contributed by atoms with Crippen molar-refractivity contribution in [3.8, 4) is 0 Å². The molecule has 3 rings (SSSR count). The summed E-state index contributed by atoms with van der Waals surface area (Å²) in [7, 11) is 0. The van der Waals surface area contributed by atoms with Crippen LogP contribution in [0.4, 0.5) is 0 Å². The normalized spacial score (nSPS) is 12.6. The van der Waals surface area contributed by atoms with Crippen molar-refractivity contribution in [3.63, 3.8) is 0 Å². The highest BCUT2D eigenvalue weighted by Crippen LogP contribution is 2.18. The number of nitrogens with zero attached hydrogens (tertiary/aromatic N) is 4. The van der Waals surface area contributed by atoms with E-state index in [1.807, 2.05) is 57.9 Å². The molecule has 126 valence electrons. The first-order valence-electron chi connectivity index (χ1n) is 8.34. The van der Waals surface area contributed by atoms with E-state index in [1.54, 1.807) is 0 Å². The largest absolute Gasteiger partial charge is 0.354 e. The van der Waals surface area contributed by atoms with Crippen molar-refractivity contribution in [2.75, 3.05) is 6.54 Å². The van der Waals surface area contributed by atoms with Gasteiger partial charge in [0, 0.05) is 31.6 Å². The Hall–Kier alpha value is -2.63. The quantitative estimate of drug-likeness (QED) is 0.726. The molecule has 3 aromatic heterocycles. The van der Waals surface area contributed by atoms with Gasteiger partial charge in [0.25, 0.3) is 0 Å². The minimum absolute atomic E-state index is 0.0497. The second-order valence-electron chi connectivity index (χ2n) is 6.36. The molecule has 0 aliphatic rings. The molecule has 0 aliphatic carbocycles. The third kappa shape index (κ3) is 3.64. The third-order valence-corrected chi connectivity index (χ3v) is 4.02. The van der Waals surface area contributed by atoms with E-state index in [2.05, 4.69) is 29.4 Å². The summed E-state index contributed by atoms with van der Waals surface area (Å²) in [4.78, 5) is 12.6. The smallest absolute Gasteiger partial charge is 0.243 e. The lowest BCUT2D eigenvalue weighted by Crippen LogP contribution is -2.34. The predicted molar refractivity (Wildman–Crippen MR) is 92.6 cm³/mol. The number of amides is 1. The van der Waals surface area contributed by atoms with Gasteiger partial charge in [0.2, 0.25) is 5.91 Å². The third-order valence-electron chi connectivity index (χ3n) is 4.02. The highest BCUT2D eigenvalue weighted by Gasteiger charge is 2.20. The van der Waals surface area contributed by atoms with E-state index in [9.17, 15) is 4.79 Å². The van der Waals surface area contributed by atoms with Crippen molar-refractivity contribution in [3.05, 3.63) is 54.7 Å². The molecular formula is C18H23N5O. The van der Waals surface area contributed by atoms with Crippen LogP contribution in [0.15, 0.2) is 48.9 Å². The van der Waals surface area contributed by atoms with Crippen molar-refractivity contribution in [2.24, 2.45) is 5.92 Å². The first-order valence-corrected chi connectivity index (χ1v) is 8.34. The number of carbonyl (C=O) groups excluding carboxylic acids is 1. The van der Waals surface area contributed by atoms with E-state index in [-0.39, 0.29) is 11.9 Å². The molecule has 0 fully saturated rings. The summed E-state index contributed by atoms with van der Waals surface area (Å²) in [6.45, 7) is 4.81. The maximum absolute atomic E-state index is 12.6. The van der Waals surface area contributed by atoms with Crippen LogP contribution >= 0.6 is 0 Å². The van der Waals surface area contributed by atoms with Crippen LogP contribution in [0.2, 0.25) is 0 Å². The molecule has 0 bridgehead atoms. The Balaban J connectivity index is 1.61. The highest BCUT2D eigenvalue weighted by molar-refractivity contribution is 5.80. The number of hydrogen-bond donors (Lipinski definition) is 1. The topological polar surface area (TPSA) is 64.2 Å². The number of carbonyl (C=O) groups is 1. The second-order valence-corrected chi connectivity index (χ2v) is 6.36. The summed E-state index contributed by atoms with van der Waals surface area (Å²) >= 11 is 0. The molecule has 3 aromatic rings. The lowest BCUT2D eigenvalue weighted by molar-refractivity contribution is -0.124. The number of aromatic nitrogens is 4. The Morgan fingerprint density at radius 2 is 1.88 bits per heavy atom. The molecule has 0 saturated heterocycles. The fourth-order valence-electron chi connectivity index (χ4n) is 2.84. The Morgan fingerprint density at radius 1 is 1.12 bits per heavy atom. The van der Waals surface area contributed by atoms with E-state index in [0.717, 1.165) is 17.9 Å². The minimum atomic E-state index is -0.171. The summed E-state index contributed by atoms with van der Waals surface area (Å²) in [5, 5.41) is 11.4. The average molecular weight is 325 g/mol. The summed E-state index contributed by atoms with van der Waals surface area (Å²) in [5.41, 5.74) is 0.823. The molecular weight excluding hydrogens is 302 g/mol. The van der Waals surface area contributed by atoms with Crippen LogP contribution in [-0.2, 0) is 11.2 Å². The molecule has 1 amide bonds. The Kier molecular flexibility index (Phi) is 4.93. The molecule has 1 unspecified atom stereocenters. The Labute approximate surface area is 141 Å². The van der Waals surface area contributed by atoms with Gasteiger partial charge in [-0.1, -0.05) is 19.9 Å². The molecule has 0 saturated carbocycles. The van der Waals surface area contributed by atoms with Crippen molar-refractivity contribution in [1.82, 2.24) is 24.5 Å². The first kappa shape index (κ1) is 16.2. The molecule has 0 spiro atoms. The van der Waals surface area contributed by atoms with Crippen molar-refractivity contribution < 1.29 is 4.79 Å². The van der Waals surface area contributed by atoms with Crippen molar-refractivity contribution in [1.29, 1.82) is 0 Å². The summed E-state index contributed by atoms with van der Waals surface area (Å²) < 4.78 is 3.92. The molecule has 1 atom stereocenters. The van der Waals surface area contributed by atoms with Crippen LogP contribution in [0.5, 0.6) is 0 Å². The highest BCUT2D eigenvalue weighted by atomic mass is 16.2. The second kappa shape index (κ2) is 7.29. The van der Waals surface area contributed by atoms with E-state index in [0.29, 0.717) is 18.9 Å². The van der Waals surface area contributed by atoms with Crippen LogP contribution in [0, 0.1) is 5.92 Å². The van der Waals surface area contributed by atoms with Gasteiger partial charge in [-0.05, 0) is 36.6 Å². The number of hydrogen-bond acceptors (Lipinski definition) is 3. The van der Waals surface area contributed by atoms with Gasteiger partial charge in [0.05, 0.1) is 0 Å².